The zero-order valence-corrected chi connectivity index (χ0v) is 12.1. The zero-order chi connectivity index (χ0) is 15.8. The summed E-state index contributed by atoms with van der Waals surface area (Å²) in [6, 6.07) is 5.44. The van der Waals surface area contributed by atoms with Gasteiger partial charge in [-0.15, -0.1) is 0 Å². The lowest BCUT2D eigenvalue weighted by Gasteiger charge is -2.13. The number of alkyl halides is 3. The Balaban J connectivity index is 2.41. The van der Waals surface area contributed by atoms with E-state index in [-0.39, 0.29) is 21.5 Å². The van der Waals surface area contributed by atoms with E-state index in [0.717, 1.165) is 11.6 Å². The molecule has 112 valence electrons. The molecule has 0 unspecified atom stereocenters. The van der Waals surface area contributed by atoms with Crippen molar-refractivity contribution < 1.29 is 22.3 Å². The van der Waals surface area contributed by atoms with Crippen LogP contribution in [0.15, 0.2) is 30.3 Å². The van der Waals surface area contributed by atoms with Crippen LogP contribution >= 0.6 is 23.2 Å². The van der Waals surface area contributed by atoms with Crippen LogP contribution in [-0.4, -0.2) is 0 Å². The van der Waals surface area contributed by atoms with Gasteiger partial charge in [-0.1, -0.05) is 23.2 Å². The van der Waals surface area contributed by atoms with Gasteiger partial charge in [-0.3, -0.25) is 0 Å². The molecule has 0 spiro atoms. The average Bonchev–Trinajstić information content (AvgIpc) is 2.36. The van der Waals surface area contributed by atoms with Gasteiger partial charge in [0.05, 0.1) is 10.6 Å². The van der Waals surface area contributed by atoms with Crippen molar-refractivity contribution in [1.82, 2.24) is 0 Å². The number of ether oxygens (including phenoxy) is 1. The Kier molecular flexibility index (Phi) is 4.35. The zero-order valence-electron chi connectivity index (χ0n) is 10.6. The van der Waals surface area contributed by atoms with E-state index >= 15 is 0 Å². The molecular formula is C14H8Cl2F4O. The van der Waals surface area contributed by atoms with Gasteiger partial charge in [0.15, 0.2) is 0 Å². The van der Waals surface area contributed by atoms with Crippen LogP contribution in [0.5, 0.6) is 11.5 Å². The van der Waals surface area contributed by atoms with E-state index in [1.54, 1.807) is 13.0 Å². The van der Waals surface area contributed by atoms with Gasteiger partial charge >= 0.3 is 6.18 Å². The second kappa shape index (κ2) is 5.73. The van der Waals surface area contributed by atoms with Crippen LogP contribution in [0.2, 0.25) is 10.0 Å². The number of rotatable bonds is 2. The van der Waals surface area contributed by atoms with Gasteiger partial charge in [0.1, 0.15) is 22.3 Å². The summed E-state index contributed by atoms with van der Waals surface area (Å²) in [4.78, 5) is 0. The first-order valence-corrected chi connectivity index (χ1v) is 6.44. The van der Waals surface area contributed by atoms with Crippen LogP contribution in [0.3, 0.4) is 0 Å². The van der Waals surface area contributed by atoms with Crippen molar-refractivity contribution in [3.05, 3.63) is 57.3 Å². The van der Waals surface area contributed by atoms with Crippen LogP contribution in [0.1, 0.15) is 11.1 Å². The third-order valence-electron chi connectivity index (χ3n) is 2.61. The molecule has 0 saturated carbocycles. The molecule has 21 heavy (non-hydrogen) atoms. The number of hydrogen-bond donors (Lipinski definition) is 0. The molecule has 0 atom stereocenters. The fourth-order valence-corrected chi connectivity index (χ4v) is 2.09. The molecule has 0 radical (unpaired) electrons. The van der Waals surface area contributed by atoms with E-state index < -0.39 is 17.6 Å². The van der Waals surface area contributed by atoms with Crippen molar-refractivity contribution in [1.29, 1.82) is 0 Å². The van der Waals surface area contributed by atoms with E-state index in [9.17, 15) is 17.6 Å². The van der Waals surface area contributed by atoms with E-state index in [1.165, 1.54) is 6.07 Å². The van der Waals surface area contributed by atoms with Crippen LogP contribution in [-0.2, 0) is 6.18 Å². The predicted molar refractivity (Wildman–Crippen MR) is 72.7 cm³/mol. The fraction of sp³-hybridized carbons (Fsp3) is 0.143. The SMILES string of the molecule is Cc1cc(Cl)c(Cl)c(Oc2ccc(F)c(C(F)(F)F)c2)c1. The Morgan fingerprint density at radius 3 is 2.33 bits per heavy atom. The van der Waals surface area contributed by atoms with Crippen molar-refractivity contribution in [2.75, 3.05) is 0 Å². The quantitative estimate of drug-likeness (QED) is 0.588. The van der Waals surface area contributed by atoms with Crippen molar-refractivity contribution >= 4 is 23.2 Å². The predicted octanol–water partition coefficient (Wildman–Crippen LogP) is 6.25. The molecule has 7 heteroatoms. The first kappa shape index (κ1) is 15.9. The minimum atomic E-state index is -4.81. The van der Waals surface area contributed by atoms with Crippen LogP contribution in [0.4, 0.5) is 17.6 Å². The van der Waals surface area contributed by atoms with Gasteiger partial charge in [-0.2, -0.15) is 13.2 Å². The highest BCUT2D eigenvalue weighted by atomic mass is 35.5. The molecule has 0 heterocycles. The maximum atomic E-state index is 13.2. The van der Waals surface area contributed by atoms with E-state index in [0.29, 0.717) is 12.1 Å². The molecule has 2 aromatic carbocycles. The van der Waals surface area contributed by atoms with Gasteiger partial charge in [0.2, 0.25) is 0 Å². The number of halogens is 6. The molecule has 0 amide bonds. The van der Waals surface area contributed by atoms with Crippen molar-refractivity contribution in [3.63, 3.8) is 0 Å². The topological polar surface area (TPSA) is 9.23 Å². The largest absolute Gasteiger partial charge is 0.456 e. The van der Waals surface area contributed by atoms with Gasteiger partial charge in [-0.25, -0.2) is 4.39 Å². The fourth-order valence-electron chi connectivity index (χ4n) is 1.68. The summed E-state index contributed by atoms with van der Waals surface area (Å²) >= 11 is 11.8. The van der Waals surface area contributed by atoms with Gasteiger partial charge in [0.25, 0.3) is 0 Å². The first-order valence-electron chi connectivity index (χ1n) is 5.68. The molecule has 0 aliphatic rings. The van der Waals surface area contributed by atoms with Gasteiger partial charge in [0, 0.05) is 0 Å². The second-order valence-corrected chi connectivity index (χ2v) is 5.09. The lowest BCUT2D eigenvalue weighted by atomic mass is 10.2. The van der Waals surface area contributed by atoms with E-state index in [1.807, 2.05) is 0 Å². The minimum Gasteiger partial charge on any atom is -0.456 e. The number of hydrogen-bond acceptors (Lipinski definition) is 1. The van der Waals surface area contributed by atoms with Gasteiger partial charge < -0.3 is 4.74 Å². The molecule has 1 nitrogen and oxygen atoms in total. The maximum absolute atomic E-state index is 13.2. The third-order valence-corrected chi connectivity index (χ3v) is 3.39. The van der Waals surface area contributed by atoms with Crippen molar-refractivity contribution in [2.24, 2.45) is 0 Å². The molecule has 0 aliphatic carbocycles. The molecule has 0 fully saturated rings. The summed E-state index contributed by atoms with van der Waals surface area (Å²) < 4.78 is 56.4. The first-order chi connectivity index (χ1) is 9.68. The average molecular weight is 339 g/mol. The number of benzene rings is 2. The molecule has 0 saturated heterocycles. The Morgan fingerprint density at radius 2 is 1.71 bits per heavy atom. The lowest BCUT2D eigenvalue weighted by molar-refractivity contribution is -0.140. The lowest BCUT2D eigenvalue weighted by Crippen LogP contribution is -2.08. The monoisotopic (exact) mass is 338 g/mol. The summed E-state index contributed by atoms with van der Waals surface area (Å²) in [5.41, 5.74) is -0.688. The maximum Gasteiger partial charge on any atom is 0.419 e. The van der Waals surface area contributed by atoms with Crippen molar-refractivity contribution in [3.8, 4) is 11.5 Å². The molecular weight excluding hydrogens is 331 g/mol. The molecule has 0 bridgehead atoms. The molecule has 0 aliphatic heterocycles. The molecule has 2 aromatic rings. The normalized spacial score (nSPS) is 11.6. The Labute approximate surface area is 128 Å². The summed E-state index contributed by atoms with van der Waals surface area (Å²) in [6.07, 6.45) is -4.81. The smallest absolute Gasteiger partial charge is 0.419 e. The second-order valence-electron chi connectivity index (χ2n) is 4.30. The van der Waals surface area contributed by atoms with Crippen LogP contribution in [0, 0.1) is 12.7 Å². The summed E-state index contributed by atoms with van der Waals surface area (Å²) in [5, 5.41) is 0.282. The highest BCUT2D eigenvalue weighted by Gasteiger charge is 2.34. The van der Waals surface area contributed by atoms with Crippen LogP contribution in [0.25, 0.3) is 0 Å². The number of aryl methyl sites for hydroxylation is 1. The molecule has 2 rings (SSSR count). The summed E-state index contributed by atoms with van der Waals surface area (Å²) in [7, 11) is 0. The Hall–Kier alpha value is -1.46. The third kappa shape index (κ3) is 3.60. The Morgan fingerprint density at radius 1 is 1.05 bits per heavy atom. The highest BCUT2D eigenvalue weighted by Crippen LogP contribution is 2.38. The summed E-state index contributed by atoms with van der Waals surface area (Å²) in [5.74, 6) is -1.46. The molecule has 0 N–H and O–H groups in total. The standard InChI is InChI=1S/C14H8Cl2F4O/c1-7-4-10(15)13(16)12(5-7)21-8-2-3-11(17)9(6-8)14(18,19)20/h2-6H,1H3. The Bertz CT molecular complexity index is 683. The van der Waals surface area contributed by atoms with E-state index in [2.05, 4.69) is 0 Å². The van der Waals surface area contributed by atoms with Gasteiger partial charge in [-0.05, 0) is 42.8 Å². The van der Waals surface area contributed by atoms with Crippen molar-refractivity contribution in [2.45, 2.75) is 13.1 Å². The van der Waals surface area contributed by atoms with Crippen LogP contribution < -0.4 is 4.74 Å². The molecule has 0 aromatic heterocycles. The van der Waals surface area contributed by atoms with E-state index in [4.69, 9.17) is 27.9 Å². The summed E-state index contributed by atoms with van der Waals surface area (Å²) in [6.45, 7) is 1.72. The minimum absolute atomic E-state index is 0.0696. The highest BCUT2D eigenvalue weighted by molar-refractivity contribution is 6.43.